The molecule has 4 N–H and O–H groups in total. The van der Waals surface area contributed by atoms with Crippen LogP contribution >= 0.6 is 0 Å². The third kappa shape index (κ3) is 4.83. The lowest BCUT2D eigenvalue weighted by molar-refractivity contribution is -0.137. The third-order valence-electron chi connectivity index (χ3n) is 5.95. The normalized spacial score (nSPS) is 14.4. The maximum Gasteiger partial charge on any atom is 0.416 e. The third-order valence-corrected chi connectivity index (χ3v) is 5.95. The summed E-state index contributed by atoms with van der Waals surface area (Å²) in [5.41, 5.74) is 9.90. The van der Waals surface area contributed by atoms with E-state index in [0.717, 1.165) is 48.0 Å². The molecule has 1 unspecified atom stereocenters. The summed E-state index contributed by atoms with van der Waals surface area (Å²) in [7, 11) is 1.66. The first-order valence-corrected chi connectivity index (χ1v) is 11.0. The van der Waals surface area contributed by atoms with Crippen LogP contribution in [-0.2, 0) is 23.8 Å². The van der Waals surface area contributed by atoms with E-state index < -0.39 is 17.8 Å². The minimum atomic E-state index is -4.47. The molecule has 0 saturated carbocycles. The molecular formula is C24H28F3N5O. The van der Waals surface area contributed by atoms with Crippen LogP contribution in [0.25, 0.3) is 10.9 Å². The fourth-order valence-electron chi connectivity index (χ4n) is 4.42. The lowest BCUT2D eigenvalue weighted by atomic mass is 10.0. The molecule has 9 heteroatoms. The molecule has 1 aliphatic carbocycles. The van der Waals surface area contributed by atoms with Gasteiger partial charge in [0.1, 0.15) is 11.6 Å². The summed E-state index contributed by atoms with van der Waals surface area (Å²) in [6, 6.07) is 5.20. The Hall–Kier alpha value is -3.07. The molecule has 4 rings (SSSR count). The monoisotopic (exact) mass is 459 g/mol. The summed E-state index contributed by atoms with van der Waals surface area (Å²) >= 11 is 0. The van der Waals surface area contributed by atoms with E-state index in [2.05, 4.69) is 15.6 Å². The molecule has 3 aromatic rings. The van der Waals surface area contributed by atoms with Gasteiger partial charge in [-0.1, -0.05) is 0 Å². The maximum atomic E-state index is 13.3. The zero-order valence-corrected chi connectivity index (χ0v) is 18.9. The molecule has 0 saturated heterocycles. The summed E-state index contributed by atoms with van der Waals surface area (Å²) in [4.78, 5) is 9.31. The number of hydrogen-bond acceptors (Lipinski definition) is 6. The molecule has 1 atom stereocenters. The Kier molecular flexibility index (Phi) is 6.34. The second-order valence-electron chi connectivity index (χ2n) is 8.42. The molecule has 1 heterocycles. The van der Waals surface area contributed by atoms with E-state index in [0.29, 0.717) is 30.4 Å². The number of benzene rings is 2. The maximum absolute atomic E-state index is 13.3. The van der Waals surface area contributed by atoms with Gasteiger partial charge in [-0.15, -0.1) is 0 Å². The van der Waals surface area contributed by atoms with Crippen molar-refractivity contribution in [3.63, 3.8) is 0 Å². The summed E-state index contributed by atoms with van der Waals surface area (Å²) in [5.74, 6) is 1.19. The first-order chi connectivity index (χ1) is 15.7. The number of aromatic nitrogens is 2. The number of fused-ring (bicyclic) bond motifs is 3. The van der Waals surface area contributed by atoms with E-state index in [1.54, 1.807) is 20.1 Å². The number of ether oxygens (including phenoxy) is 1. The first-order valence-electron chi connectivity index (χ1n) is 11.0. The molecule has 0 radical (unpaired) electrons. The molecule has 0 amide bonds. The molecule has 0 bridgehead atoms. The molecule has 0 spiro atoms. The SMILES string of the molecule is COCCNc1cc2c(NC(C)c3cc(N)cc(C(F)(F)F)c3)nc(C)nc2c2c1CCC2. The van der Waals surface area contributed by atoms with Crippen molar-refractivity contribution in [3.8, 4) is 0 Å². The van der Waals surface area contributed by atoms with Gasteiger partial charge in [0, 0.05) is 30.4 Å². The Labute approximate surface area is 190 Å². The molecule has 1 aliphatic rings. The van der Waals surface area contributed by atoms with Crippen LogP contribution in [0.5, 0.6) is 0 Å². The number of aryl methyl sites for hydroxylation is 2. The lowest BCUT2D eigenvalue weighted by Crippen LogP contribution is -2.13. The van der Waals surface area contributed by atoms with Crippen LogP contribution in [-0.4, -0.2) is 30.2 Å². The van der Waals surface area contributed by atoms with Gasteiger partial charge in [0.25, 0.3) is 0 Å². The average Bonchev–Trinajstić information content (AvgIpc) is 3.24. The second-order valence-corrected chi connectivity index (χ2v) is 8.42. The fourth-order valence-corrected chi connectivity index (χ4v) is 4.42. The van der Waals surface area contributed by atoms with Crippen molar-refractivity contribution in [3.05, 3.63) is 52.3 Å². The number of nitrogens with zero attached hydrogens (tertiary/aromatic N) is 2. The first kappa shape index (κ1) is 23.1. The number of alkyl halides is 3. The molecule has 1 aromatic heterocycles. The Morgan fingerprint density at radius 3 is 2.61 bits per heavy atom. The van der Waals surface area contributed by atoms with Crippen LogP contribution in [0.4, 0.5) is 30.4 Å². The van der Waals surface area contributed by atoms with Gasteiger partial charge in [-0.3, -0.25) is 0 Å². The Morgan fingerprint density at radius 1 is 1.12 bits per heavy atom. The van der Waals surface area contributed by atoms with E-state index >= 15 is 0 Å². The van der Waals surface area contributed by atoms with Gasteiger partial charge in [0.05, 0.1) is 23.7 Å². The van der Waals surface area contributed by atoms with Crippen molar-refractivity contribution >= 4 is 28.1 Å². The van der Waals surface area contributed by atoms with Gasteiger partial charge in [-0.25, -0.2) is 9.97 Å². The Bertz CT molecular complexity index is 1180. The highest BCUT2D eigenvalue weighted by Crippen LogP contribution is 2.38. The molecular weight excluding hydrogens is 431 g/mol. The van der Waals surface area contributed by atoms with Gasteiger partial charge in [0.2, 0.25) is 0 Å². The van der Waals surface area contributed by atoms with Crippen molar-refractivity contribution in [2.24, 2.45) is 0 Å². The van der Waals surface area contributed by atoms with Crippen molar-refractivity contribution in [2.75, 3.05) is 36.6 Å². The summed E-state index contributed by atoms with van der Waals surface area (Å²) in [6.45, 7) is 4.87. The van der Waals surface area contributed by atoms with Crippen molar-refractivity contribution in [1.82, 2.24) is 9.97 Å². The topological polar surface area (TPSA) is 85.1 Å². The zero-order valence-electron chi connectivity index (χ0n) is 18.9. The van der Waals surface area contributed by atoms with E-state index in [-0.39, 0.29) is 5.69 Å². The minimum absolute atomic E-state index is 0.0691. The number of nitrogens with two attached hydrogens (primary N) is 1. The number of nitrogens with one attached hydrogen (secondary N) is 2. The number of methoxy groups -OCH3 is 1. The highest BCUT2D eigenvalue weighted by molar-refractivity contribution is 5.96. The quantitative estimate of drug-likeness (QED) is 0.330. The largest absolute Gasteiger partial charge is 0.416 e. The minimum Gasteiger partial charge on any atom is -0.399 e. The summed E-state index contributed by atoms with van der Waals surface area (Å²) in [5, 5.41) is 7.59. The highest BCUT2D eigenvalue weighted by Gasteiger charge is 2.31. The molecule has 0 aliphatic heterocycles. The van der Waals surface area contributed by atoms with Crippen LogP contribution in [0.3, 0.4) is 0 Å². The van der Waals surface area contributed by atoms with E-state index in [9.17, 15) is 13.2 Å². The van der Waals surface area contributed by atoms with Crippen LogP contribution in [0, 0.1) is 6.92 Å². The number of rotatable bonds is 7. The average molecular weight is 460 g/mol. The van der Waals surface area contributed by atoms with Gasteiger partial charge in [-0.2, -0.15) is 13.2 Å². The molecule has 6 nitrogen and oxygen atoms in total. The number of halogens is 3. The molecule has 33 heavy (non-hydrogen) atoms. The smallest absolute Gasteiger partial charge is 0.399 e. The molecule has 0 fully saturated rings. The van der Waals surface area contributed by atoms with Gasteiger partial charge >= 0.3 is 6.18 Å². The van der Waals surface area contributed by atoms with Gasteiger partial charge in [-0.05, 0) is 74.1 Å². The van der Waals surface area contributed by atoms with Crippen LogP contribution in [0.2, 0.25) is 0 Å². The van der Waals surface area contributed by atoms with E-state index in [4.69, 9.17) is 15.5 Å². The van der Waals surface area contributed by atoms with E-state index in [1.807, 2.05) is 13.0 Å². The second kappa shape index (κ2) is 9.05. The predicted molar refractivity (Wildman–Crippen MR) is 125 cm³/mol. The van der Waals surface area contributed by atoms with Crippen LogP contribution < -0.4 is 16.4 Å². The van der Waals surface area contributed by atoms with Crippen molar-refractivity contribution < 1.29 is 17.9 Å². The van der Waals surface area contributed by atoms with Crippen LogP contribution in [0.1, 0.15) is 47.5 Å². The highest BCUT2D eigenvalue weighted by atomic mass is 19.4. The van der Waals surface area contributed by atoms with Crippen molar-refractivity contribution in [1.29, 1.82) is 0 Å². The lowest BCUT2D eigenvalue weighted by Gasteiger charge is -2.20. The summed E-state index contributed by atoms with van der Waals surface area (Å²) in [6.07, 6.45) is -1.50. The van der Waals surface area contributed by atoms with Crippen molar-refractivity contribution in [2.45, 2.75) is 45.3 Å². The van der Waals surface area contributed by atoms with E-state index in [1.165, 1.54) is 11.1 Å². The van der Waals surface area contributed by atoms with Gasteiger partial charge < -0.3 is 21.1 Å². The number of nitrogen functional groups attached to an aromatic ring is 1. The predicted octanol–water partition coefficient (Wildman–Crippen LogP) is 5.26. The zero-order chi connectivity index (χ0) is 23.8. The fraction of sp³-hybridized carbons (Fsp3) is 0.417. The number of anilines is 3. The Balaban J connectivity index is 1.75. The number of hydrogen-bond donors (Lipinski definition) is 3. The summed E-state index contributed by atoms with van der Waals surface area (Å²) < 4.78 is 45.0. The van der Waals surface area contributed by atoms with Gasteiger partial charge in [0.15, 0.2) is 0 Å². The molecule has 2 aromatic carbocycles. The molecule has 176 valence electrons. The standard InChI is InChI=1S/C24H28F3N5O/c1-13(15-9-16(24(25,26)27)11-17(28)10-15)30-23-20-12-21(29-7-8-33-3)18-5-4-6-19(18)22(20)31-14(2)32-23/h9-13,29H,4-8,28H2,1-3H3,(H,30,31,32). The van der Waals surface area contributed by atoms with Crippen LogP contribution in [0.15, 0.2) is 24.3 Å². The Morgan fingerprint density at radius 2 is 1.88 bits per heavy atom.